The number of carbonyl (C=O) groups excluding carboxylic acids is 1. The second-order valence-corrected chi connectivity index (χ2v) is 9.71. The van der Waals surface area contributed by atoms with E-state index >= 15 is 0 Å². The molecular formula is C22H18Cl3N3O4S. The number of anilines is 1. The molecule has 11 heteroatoms. The van der Waals surface area contributed by atoms with Crippen LogP contribution in [0.2, 0.25) is 15.1 Å². The number of nitrogens with zero attached hydrogens (tertiary/aromatic N) is 2. The number of halogens is 3. The van der Waals surface area contributed by atoms with Crippen molar-refractivity contribution in [2.24, 2.45) is 5.10 Å². The summed E-state index contributed by atoms with van der Waals surface area (Å²) in [6.45, 7) is -0.553. The molecule has 0 fully saturated rings. The lowest BCUT2D eigenvalue weighted by Crippen LogP contribution is -2.39. The number of sulfonamides is 1. The molecule has 1 N–H and O–H groups in total. The van der Waals surface area contributed by atoms with E-state index in [0.29, 0.717) is 26.4 Å². The summed E-state index contributed by atoms with van der Waals surface area (Å²) in [6, 6.07) is 16.9. The molecule has 0 aliphatic carbocycles. The highest BCUT2D eigenvalue weighted by Gasteiger charge is 2.27. The van der Waals surface area contributed by atoms with Crippen molar-refractivity contribution in [2.45, 2.75) is 4.90 Å². The zero-order valence-corrected chi connectivity index (χ0v) is 20.3. The number of hydrogen-bond acceptors (Lipinski definition) is 5. The Morgan fingerprint density at radius 2 is 1.67 bits per heavy atom. The molecule has 0 heterocycles. The van der Waals surface area contributed by atoms with Gasteiger partial charge < -0.3 is 4.74 Å². The van der Waals surface area contributed by atoms with Gasteiger partial charge in [0.1, 0.15) is 12.3 Å². The number of methoxy groups -OCH3 is 1. The number of nitrogens with one attached hydrogen (secondary N) is 1. The molecule has 0 spiro atoms. The second-order valence-electron chi connectivity index (χ2n) is 6.60. The molecule has 7 nitrogen and oxygen atoms in total. The first-order valence-electron chi connectivity index (χ1n) is 9.40. The van der Waals surface area contributed by atoms with Crippen LogP contribution in [0.5, 0.6) is 5.75 Å². The van der Waals surface area contributed by atoms with Gasteiger partial charge in [-0.3, -0.25) is 9.10 Å². The Morgan fingerprint density at radius 1 is 1.03 bits per heavy atom. The van der Waals surface area contributed by atoms with Gasteiger partial charge in [0.2, 0.25) is 0 Å². The number of ether oxygens (including phenoxy) is 1. The van der Waals surface area contributed by atoms with E-state index in [2.05, 4.69) is 10.5 Å². The average Bonchev–Trinajstić information content (AvgIpc) is 2.79. The van der Waals surface area contributed by atoms with Gasteiger partial charge in [-0.05, 0) is 54.6 Å². The van der Waals surface area contributed by atoms with Gasteiger partial charge in [0, 0.05) is 10.6 Å². The molecule has 33 heavy (non-hydrogen) atoms. The highest BCUT2D eigenvalue weighted by molar-refractivity contribution is 7.92. The molecule has 3 aromatic rings. The van der Waals surface area contributed by atoms with E-state index in [1.807, 2.05) is 0 Å². The smallest absolute Gasteiger partial charge is 0.264 e. The SMILES string of the molecule is COc1ccc(S(=O)(=O)N(CC(=O)N/N=C\c2c(Cl)cccc2Cl)c2cccc(Cl)c2)cc1. The van der Waals surface area contributed by atoms with E-state index in [1.165, 1.54) is 49.7 Å². The molecule has 0 saturated heterocycles. The molecule has 172 valence electrons. The fourth-order valence-corrected chi connectivity index (χ4v) is 4.88. The third-order valence-corrected chi connectivity index (χ3v) is 7.10. The Labute approximate surface area is 206 Å². The first-order valence-corrected chi connectivity index (χ1v) is 12.0. The summed E-state index contributed by atoms with van der Waals surface area (Å²) >= 11 is 18.2. The van der Waals surface area contributed by atoms with Gasteiger partial charge in [-0.2, -0.15) is 5.10 Å². The summed E-state index contributed by atoms with van der Waals surface area (Å²) in [4.78, 5) is 12.6. The van der Waals surface area contributed by atoms with E-state index in [9.17, 15) is 13.2 Å². The number of rotatable bonds is 8. The summed E-state index contributed by atoms with van der Waals surface area (Å²) in [5.41, 5.74) is 2.93. The minimum absolute atomic E-state index is 0.0255. The fraction of sp³-hybridized carbons (Fsp3) is 0.0909. The molecule has 0 saturated carbocycles. The first-order chi connectivity index (χ1) is 15.7. The van der Waals surface area contributed by atoms with Gasteiger partial charge in [-0.25, -0.2) is 13.8 Å². The molecule has 0 aliphatic rings. The number of carbonyl (C=O) groups is 1. The van der Waals surface area contributed by atoms with Crippen molar-refractivity contribution < 1.29 is 17.9 Å². The van der Waals surface area contributed by atoms with Crippen molar-refractivity contribution in [1.29, 1.82) is 0 Å². The van der Waals surface area contributed by atoms with Crippen LogP contribution in [-0.2, 0) is 14.8 Å². The minimum Gasteiger partial charge on any atom is -0.497 e. The Kier molecular flexibility index (Phi) is 8.20. The fourth-order valence-electron chi connectivity index (χ4n) is 2.79. The molecule has 0 aliphatic heterocycles. The largest absolute Gasteiger partial charge is 0.497 e. The van der Waals surface area contributed by atoms with Gasteiger partial charge in [-0.15, -0.1) is 0 Å². The summed E-state index contributed by atoms with van der Waals surface area (Å²) < 4.78 is 32.7. The van der Waals surface area contributed by atoms with Gasteiger partial charge in [0.25, 0.3) is 15.9 Å². The number of amides is 1. The third-order valence-electron chi connectivity index (χ3n) is 4.41. The standard InChI is InChI=1S/C22H18Cl3N3O4S/c1-32-17-8-10-18(11-9-17)33(30,31)28(16-5-2-4-15(23)12-16)14-22(29)27-26-13-19-20(24)6-3-7-21(19)25/h2-13H,14H2,1H3,(H,27,29)/b26-13-. The van der Waals surface area contributed by atoms with E-state index in [0.717, 1.165) is 4.31 Å². The monoisotopic (exact) mass is 525 g/mol. The van der Waals surface area contributed by atoms with E-state index < -0.39 is 22.5 Å². The molecule has 3 aromatic carbocycles. The lowest BCUT2D eigenvalue weighted by molar-refractivity contribution is -0.119. The molecule has 0 radical (unpaired) electrons. The lowest BCUT2D eigenvalue weighted by Gasteiger charge is -2.24. The van der Waals surface area contributed by atoms with Crippen LogP contribution in [0.1, 0.15) is 5.56 Å². The summed E-state index contributed by atoms with van der Waals surface area (Å²) in [6.07, 6.45) is 1.28. The summed E-state index contributed by atoms with van der Waals surface area (Å²) in [7, 11) is -2.64. The maximum absolute atomic E-state index is 13.4. The average molecular weight is 527 g/mol. The Morgan fingerprint density at radius 3 is 2.27 bits per heavy atom. The van der Waals surface area contributed by atoms with Crippen LogP contribution in [0.15, 0.2) is 76.7 Å². The van der Waals surface area contributed by atoms with Crippen molar-refractivity contribution in [2.75, 3.05) is 18.0 Å². The van der Waals surface area contributed by atoms with E-state index in [1.54, 1.807) is 30.3 Å². The van der Waals surface area contributed by atoms with Crippen LogP contribution in [0.4, 0.5) is 5.69 Å². The van der Waals surface area contributed by atoms with Crippen LogP contribution < -0.4 is 14.5 Å². The zero-order chi connectivity index (χ0) is 24.0. The molecular weight excluding hydrogens is 509 g/mol. The molecule has 3 rings (SSSR count). The van der Waals surface area contributed by atoms with Gasteiger partial charge in [-0.1, -0.05) is 46.9 Å². The van der Waals surface area contributed by atoms with Gasteiger partial charge >= 0.3 is 0 Å². The van der Waals surface area contributed by atoms with Crippen LogP contribution in [-0.4, -0.2) is 34.2 Å². The maximum atomic E-state index is 13.4. The molecule has 0 unspecified atom stereocenters. The third kappa shape index (κ3) is 6.17. The van der Waals surface area contributed by atoms with Crippen LogP contribution in [0.3, 0.4) is 0 Å². The maximum Gasteiger partial charge on any atom is 0.264 e. The molecule has 0 atom stereocenters. The number of hydrogen-bond donors (Lipinski definition) is 1. The van der Waals surface area contributed by atoms with Crippen molar-refractivity contribution in [3.8, 4) is 5.75 Å². The van der Waals surface area contributed by atoms with Gasteiger partial charge in [0.05, 0.1) is 34.0 Å². The normalized spacial score (nSPS) is 11.4. The number of hydrazone groups is 1. The predicted molar refractivity (Wildman–Crippen MR) is 131 cm³/mol. The van der Waals surface area contributed by atoms with Crippen LogP contribution in [0, 0.1) is 0 Å². The molecule has 1 amide bonds. The second kappa shape index (κ2) is 10.9. The van der Waals surface area contributed by atoms with Crippen LogP contribution in [0.25, 0.3) is 0 Å². The molecule has 0 bridgehead atoms. The highest BCUT2D eigenvalue weighted by atomic mass is 35.5. The van der Waals surface area contributed by atoms with Crippen LogP contribution >= 0.6 is 34.8 Å². The zero-order valence-electron chi connectivity index (χ0n) is 17.2. The first kappa shape index (κ1) is 24.9. The summed E-state index contributed by atoms with van der Waals surface area (Å²) in [5, 5.41) is 4.86. The Hall–Kier alpha value is -2.78. The lowest BCUT2D eigenvalue weighted by atomic mass is 10.2. The molecule has 0 aromatic heterocycles. The predicted octanol–water partition coefficient (Wildman–Crippen LogP) is 5.00. The van der Waals surface area contributed by atoms with Crippen molar-refractivity contribution in [1.82, 2.24) is 5.43 Å². The summed E-state index contributed by atoms with van der Waals surface area (Å²) in [5.74, 6) is -0.194. The van der Waals surface area contributed by atoms with Crippen molar-refractivity contribution in [3.05, 3.63) is 87.4 Å². The van der Waals surface area contributed by atoms with E-state index in [-0.39, 0.29) is 10.6 Å². The topological polar surface area (TPSA) is 88.1 Å². The Balaban J connectivity index is 1.87. The Bertz CT molecular complexity index is 1260. The van der Waals surface area contributed by atoms with Gasteiger partial charge in [0.15, 0.2) is 0 Å². The van der Waals surface area contributed by atoms with E-state index in [4.69, 9.17) is 39.5 Å². The van der Waals surface area contributed by atoms with Crippen molar-refractivity contribution in [3.63, 3.8) is 0 Å². The highest BCUT2D eigenvalue weighted by Crippen LogP contribution is 2.27. The quantitative estimate of drug-likeness (QED) is 0.330. The minimum atomic E-state index is -4.12. The van der Waals surface area contributed by atoms with Crippen molar-refractivity contribution >= 4 is 62.6 Å². The number of benzene rings is 3.